The quantitative estimate of drug-likeness (QED) is 0.709. The van der Waals surface area contributed by atoms with E-state index in [1.54, 1.807) is 30.8 Å². The summed E-state index contributed by atoms with van der Waals surface area (Å²) < 4.78 is 12.4. The van der Waals surface area contributed by atoms with Crippen LogP contribution >= 0.6 is 11.3 Å². The standard InChI is InChI=1S/C18H19N3O2S/c1-22-15-3-2-4-16-17(15)20-18(24-16)21-10-7-13(11-21)12-23-14-5-8-19-9-6-14/h2-6,8-9,13H,7,10-12H2,1H3. The van der Waals surface area contributed by atoms with Crippen LogP contribution in [0.2, 0.25) is 0 Å². The van der Waals surface area contributed by atoms with Crippen molar-refractivity contribution in [1.82, 2.24) is 9.97 Å². The minimum atomic E-state index is 0.520. The Labute approximate surface area is 144 Å². The van der Waals surface area contributed by atoms with Gasteiger partial charge in [0.15, 0.2) is 5.13 Å². The predicted molar refractivity (Wildman–Crippen MR) is 96.2 cm³/mol. The normalized spacial score (nSPS) is 17.4. The number of thiazole rings is 1. The molecule has 1 saturated heterocycles. The molecule has 3 aromatic rings. The molecule has 1 aromatic carbocycles. The van der Waals surface area contributed by atoms with E-state index in [9.17, 15) is 0 Å². The molecule has 1 aliphatic heterocycles. The van der Waals surface area contributed by atoms with E-state index in [1.807, 2.05) is 24.3 Å². The van der Waals surface area contributed by atoms with Crippen LogP contribution in [-0.4, -0.2) is 36.8 Å². The zero-order valence-electron chi connectivity index (χ0n) is 13.5. The van der Waals surface area contributed by atoms with Gasteiger partial charge in [-0.05, 0) is 30.7 Å². The van der Waals surface area contributed by atoms with Crippen molar-refractivity contribution in [3.05, 3.63) is 42.7 Å². The van der Waals surface area contributed by atoms with Gasteiger partial charge in [0.25, 0.3) is 0 Å². The molecule has 2 aromatic heterocycles. The van der Waals surface area contributed by atoms with Crippen LogP contribution in [0.5, 0.6) is 11.5 Å². The number of ether oxygens (including phenoxy) is 2. The van der Waals surface area contributed by atoms with Gasteiger partial charge in [-0.1, -0.05) is 17.4 Å². The van der Waals surface area contributed by atoms with Gasteiger partial charge >= 0.3 is 0 Å². The molecular formula is C18H19N3O2S. The van der Waals surface area contributed by atoms with E-state index in [1.165, 1.54) is 4.70 Å². The number of para-hydroxylation sites is 1. The van der Waals surface area contributed by atoms with Crippen molar-refractivity contribution in [1.29, 1.82) is 0 Å². The number of anilines is 1. The lowest BCUT2D eigenvalue weighted by Gasteiger charge is -2.15. The van der Waals surface area contributed by atoms with Gasteiger partial charge in [-0.2, -0.15) is 0 Å². The summed E-state index contributed by atoms with van der Waals surface area (Å²) >= 11 is 1.73. The second-order valence-corrected chi connectivity index (χ2v) is 6.91. The summed E-state index contributed by atoms with van der Waals surface area (Å²) in [5.74, 6) is 2.24. The summed E-state index contributed by atoms with van der Waals surface area (Å²) in [5, 5.41) is 1.07. The van der Waals surface area contributed by atoms with Crippen LogP contribution in [0.3, 0.4) is 0 Å². The van der Waals surface area contributed by atoms with E-state index in [2.05, 4.69) is 16.0 Å². The first-order chi connectivity index (χ1) is 11.8. The van der Waals surface area contributed by atoms with Crippen molar-refractivity contribution in [3.63, 3.8) is 0 Å². The molecule has 1 aliphatic rings. The monoisotopic (exact) mass is 341 g/mol. The fourth-order valence-electron chi connectivity index (χ4n) is 3.00. The van der Waals surface area contributed by atoms with E-state index in [0.717, 1.165) is 48.3 Å². The Bertz CT molecular complexity index is 822. The summed E-state index contributed by atoms with van der Waals surface area (Å²) in [7, 11) is 1.69. The minimum absolute atomic E-state index is 0.520. The zero-order valence-corrected chi connectivity index (χ0v) is 14.3. The molecule has 6 heteroatoms. The van der Waals surface area contributed by atoms with Crippen molar-refractivity contribution < 1.29 is 9.47 Å². The Morgan fingerprint density at radius 3 is 2.96 bits per heavy atom. The number of hydrogen-bond acceptors (Lipinski definition) is 6. The Hall–Kier alpha value is -2.34. The summed E-state index contributed by atoms with van der Waals surface area (Å²) in [6, 6.07) is 9.86. The third-order valence-corrected chi connectivity index (χ3v) is 5.36. The SMILES string of the molecule is COc1cccc2sc(N3CCC(COc4ccncc4)C3)nc12. The van der Waals surface area contributed by atoms with Crippen LogP contribution in [0, 0.1) is 5.92 Å². The fraction of sp³-hybridized carbons (Fsp3) is 0.333. The highest BCUT2D eigenvalue weighted by Gasteiger charge is 2.25. The van der Waals surface area contributed by atoms with Crippen LogP contribution in [0.25, 0.3) is 10.2 Å². The minimum Gasteiger partial charge on any atom is -0.494 e. The first-order valence-electron chi connectivity index (χ1n) is 8.05. The van der Waals surface area contributed by atoms with Gasteiger partial charge < -0.3 is 14.4 Å². The molecule has 0 radical (unpaired) electrons. The molecule has 5 nitrogen and oxygen atoms in total. The number of aromatic nitrogens is 2. The van der Waals surface area contributed by atoms with Crippen LogP contribution in [0.4, 0.5) is 5.13 Å². The van der Waals surface area contributed by atoms with Gasteiger partial charge in [-0.3, -0.25) is 4.98 Å². The average molecular weight is 341 g/mol. The van der Waals surface area contributed by atoms with Gasteiger partial charge in [0.05, 0.1) is 18.4 Å². The summed E-state index contributed by atoms with van der Waals surface area (Å²) in [6.07, 6.45) is 4.63. The van der Waals surface area contributed by atoms with E-state index in [-0.39, 0.29) is 0 Å². The van der Waals surface area contributed by atoms with Crippen molar-refractivity contribution in [2.45, 2.75) is 6.42 Å². The third kappa shape index (κ3) is 3.01. The molecule has 4 rings (SSSR count). The molecule has 0 N–H and O–H groups in total. The van der Waals surface area contributed by atoms with Crippen LogP contribution in [0.1, 0.15) is 6.42 Å². The lowest BCUT2D eigenvalue weighted by molar-refractivity contribution is 0.261. The lowest BCUT2D eigenvalue weighted by Crippen LogP contribution is -2.21. The van der Waals surface area contributed by atoms with Crippen molar-refractivity contribution in [3.8, 4) is 11.5 Å². The number of methoxy groups -OCH3 is 1. The first-order valence-corrected chi connectivity index (χ1v) is 8.86. The second-order valence-electron chi connectivity index (χ2n) is 5.90. The number of hydrogen-bond donors (Lipinski definition) is 0. The van der Waals surface area contributed by atoms with E-state index in [0.29, 0.717) is 5.92 Å². The van der Waals surface area contributed by atoms with Crippen LogP contribution in [-0.2, 0) is 0 Å². The molecule has 124 valence electrons. The number of fused-ring (bicyclic) bond motifs is 1. The van der Waals surface area contributed by atoms with Gasteiger partial charge in [-0.25, -0.2) is 4.98 Å². The van der Waals surface area contributed by atoms with Gasteiger partial charge in [-0.15, -0.1) is 0 Å². The molecule has 0 aliphatic carbocycles. The number of pyridine rings is 1. The number of nitrogens with zero attached hydrogens (tertiary/aromatic N) is 3. The maximum atomic E-state index is 5.87. The molecule has 0 amide bonds. The Morgan fingerprint density at radius 1 is 1.25 bits per heavy atom. The second kappa shape index (κ2) is 6.65. The topological polar surface area (TPSA) is 47.5 Å². The molecule has 1 unspecified atom stereocenters. The molecule has 0 saturated carbocycles. The third-order valence-electron chi connectivity index (χ3n) is 4.28. The van der Waals surface area contributed by atoms with Gasteiger partial charge in [0.1, 0.15) is 17.0 Å². The number of benzene rings is 1. The molecule has 3 heterocycles. The Balaban J connectivity index is 1.43. The fourth-order valence-corrected chi connectivity index (χ4v) is 4.02. The van der Waals surface area contributed by atoms with Crippen molar-refractivity contribution in [2.75, 3.05) is 31.7 Å². The van der Waals surface area contributed by atoms with Crippen molar-refractivity contribution in [2.24, 2.45) is 5.92 Å². The van der Waals surface area contributed by atoms with E-state index < -0.39 is 0 Å². The molecule has 1 fully saturated rings. The number of rotatable bonds is 5. The Morgan fingerprint density at radius 2 is 2.12 bits per heavy atom. The molecule has 1 atom stereocenters. The molecular weight excluding hydrogens is 322 g/mol. The smallest absolute Gasteiger partial charge is 0.186 e. The largest absolute Gasteiger partial charge is 0.494 e. The zero-order chi connectivity index (χ0) is 16.4. The first kappa shape index (κ1) is 15.2. The van der Waals surface area contributed by atoms with Gasteiger partial charge in [0.2, 0.25) is 0 Å². The van der Waals surface area contributed by atoms with Crippen LogP contribution in [0.15, 0.2) is 42.7 Å². The van der Waals surface area contributed by atoms with Crippen molar-refractivity contribution >= 4 is 26.7 Å². The summed E-state index contributed by atoms with van der Waals surface area (Å²) in [6.45, 7) is 2.73. The van der Waals surface area contributed by atoms with Crippen LogP contribution < -0.4 is 14.4 Å². The summed E-state index contributed by atoms with van der Waals surface area (Å²) in [5.41, 5.74) is 0.955. The lowest BCUT2D eigenvalue weighted by atomic mass is 10.1. The maximum Gasteiger partial charge on any atom is 0.186 e. The predicted octanol–water partition coefficient (Wildman–Crippen LogP) is 3.61. The van der Waals surface area contributed by atoms with Gasteiger partial charge in [0, 0.05) is 31.4 Å². The van der Waals surface area contributed by atoms with E-state index >= 15 is 0 Å². The highest BCUT2D eigenvalue weighted by Crippen LogP contribution is 2.36. The maximum absolute atomic E-state index is 5.87. The Kier molecular flexibility index (Phi) is 4.21. The average Bonchev–Trinajstić information content (AvgIpc) is 3.27. The highest BCUT2D eigenvalue weighted by atomic mass is 32.1. The van der Waals surface area contributed by atoms with E-state index in [4.69, 9.17) is 14.5 Å². The molecule has 0 bridgehead atoms. The highest BCUT2D eigenvalue weighted by molar-refractivity contribution is 7.22. The summed E-state index contributed by atoms with van der Waals surface area (Å²) in [4.78, 5) is 11.1. The molecule has 0 spiro atoms. The molecule has 24 heavy (non-hydrogen) atoms.